The van der Waals surface area contributed by atoms with Crippen molar-refractivity contribution in [1.29, 1.82) is 0 Å². The molecule has 0 fully saturated rings. The van der Waals surface area contributed by atoms with Gasteiger partial charge >= 0.3 is 0 Å². The molecule has 8 heteroatoms. The average molecular weight is 462 g/mol. The van der Waals surface area contributed by atoms with Gasteiger partial charge in [-0.1, -0.05) is 36.4 Å². The monoisotopic (exact) mass is 461 g/mol. The number of benzene rings is 2. The number of ether oxygens (including phenoxy) is 2. The van der Waals surface area contributed by atoms with Crippen LogP contribution >= 0.6 is 11.3 Å². The number of aryl methyl sites for hydroxylation is 1. The molecular weight excluding hydrogens is 438 g/mol. The van der Waals surface area contributed by atoms with Crippen molar-refractivity contribution < 1.29 is 14.3 Å². The first-order valence-electron chi connectivity index (χ1n) is 10.7. The van der Waals surface area contributed by atoms with Crippen LogP contribution < -0.4 is 20.3 Å². The van der Waals surface area contributed by atoms with Gasteiger partial charge in [0.2, 0.25) is 5.91 Å². The zero-order valence-electron chi connectivity index (χ0n) is 18.3. The summed E-state index contributed by atoms with van der Waals surface area (Å²) in [5.74, 6) is 1.11. The summed E-state index contributed by atoms with van der Waals surface area (Å²) < 4.78 is 12.6. The summed E-state index contributed by atoms with van der Waals surface area (Å²) in [6.45, 7) is 4.80. The SMILES string of the molecule is Cc1sc2ncn(CC(=O)N[C@H](C)c3ccc4c(c3)OCCO4)c(=O)c2c1-c1ccccc1. The van der Waals surface area contributed by atoms with Crippen molar-refractivity contribution in [1.82, 2.24) is 14.9 Å². The van der Waals surface area contributed by atoms with Crippen molar-refractivity contribution in [2.75, 3.05) is 13.2 Å². The lowest BCUT2D eigenvalue weighted by molar-refractivity contribution is -0.122. The molecule has 2 aromatic heterocycles. The van der Waals surface area contributed by atoms with Gasteiger partial charge in [0.05, 0.1) is 17.8 Å². The zero-order chi connectivity index (χ0) is 22.9. The first-order chi connectivity index (χ1) is 16.0. The highest BCUT2D eigenvalue weighted by Gasteiger charge is 2.19. The molecule has 4 aromatic rings. The Bertz CT molecular complexity index is 1390. The summed E-state index contributed by atoms with van der Waals surface area (Å²) >= 11 is 1.49. The van der Waals surface area contributed by atoms with Gasteiger partial charge < -0.3 is 14.8 Å². The fraction of sp³-hybridized carbons (Fsp3) is 0.240. The Kier molecular flexibility index (Phi) is 5.60. The van der Waals surface area contributed by atoms with E-state index in [2.05, 4.69) is 10.3 Å². The molecular formula is C25H23N3O4S. The highest BCUT2D eigenvalue weighted by atomic mass is 32.1. The summed E-state index contributed by atoms with van der Waals surface area (Å²) in [7, 11) is 0. The fourth-order valence-corrected chi connectivity index (χ4v) is 5.06. The van der Waals surface area contributed by atoms with Crippen LogP contribution in [0.2, 0.25) is 0 Å². The molecule has 0 aliphatic carbocycles. The van der Waals surface area contributed by atoms with E-state index in [0.717, 1.165) is 21.6 Å². The van der Waals surface area contributed by atoms with E-state index in [4.69, 9.17) is 9.47 Å². The van der Waals surface area contributed by atoms with Crippen molar-refractivity contribution in [3.63, 3.8) is 0 Å². The topological polar surface area (TPSA) is 82.5 Å². The Hall–Kier alpha value is -3.65. The standard InChI is InChI=1S/C25H23N3O4S/c1-15(18-8-9-19-20(12-18)32-11-10-31-19)27-21(29)13-28-14-26-24-23(25(28)30)22(16(2)33-24)17-6-4-3-5-7-17/h3-9,12,14-15H,10-11,13H2,1-2H3,(H,27,29)/t15-/m1/s1. The van der Waals surface area contributed by atoms with Gasteiger partial charge in [0.15, 0.2) is 11.5 Å². The molecule has 0 unspecified atom stereocenters. The molecule has 1 amide bonds. The first-order valence-corrected chi connectivity index (χ1v) is 11.6. The Morgan fingerprint density at radius 3 is 2.70 bits per heavy atom. The van der Waals surface area contributed by atoms with E-state index in [-0.39, 0.29) is 24.1 Å². The van der Waals surface area contributed by atoms with Crippen molar-refractivity contribution in [2.24, 2.45) is 0 Å². The Morgan fingerprint density at radius 2 is 1.91 bits per heavy atom. The second-order valence-corrected chi connectivity index (χ2v) is 9.15. The van der Waals surface area contributed by atoms with Crippen LogP contribution in [0.1, 0.15) is 23.4 Å². The van der Waals surface area contributed by atoms with Crippen LogP contribution in [-0.4, -0.2) is 28.7 Å². The van der Waals surface area contributed by atoms with Crippen molar-refractivity contribution in [2.45, 2.75) is 26.4 Å². The number of nitrogens with zero attached hydrogens (tertiary/aromatic N) is 2. The van der Waals surface area contributed by atoms with Gasteiger partial charge in [-0.3, -0.25) is 14.2 Å². The number of hydrogen-bond acceptors (Lipinski definition) is 6. The third-order valence-corrected chi connectivity index (χ3v) is 6.69. The van der Waals surface area contributed by atoms with Crippen molar-refractivity contribution >= 4 is 27.5 Å². The van der Waals surface area contributed by atoms with Crippen molar-refractivity contribution in [3.05, 3.63) is 75.7 Å². The number of fused-ring (bicyclic) bond motifs is 2. The molecule has 2 aromatic carbocycles. The van der Waals surface area contributed by atoms with E-state index in [1.165, 1.54) is 22.2 Å². The van der Waals surface area contributed by atoms with E-state index < -0.39 is 0 Å². The molecule has 0 saturated heterocycles. The lowest BCUT2D eigenvalue weighted by Crippen LogP contribution is -2.34. The molecule has 0 spiro atoms. The lowest BCUT2D eigenvalue weighted by atomic mass is 10.0. The number of nitrogens with one attached hydrogen (secondary N) is 1. The van der Waals surface area contributed by atoms with Crippen LogP contribution in [-0.2, 0) is 11.3 Å². The molecule has 1 atom stereocenters. The van der Waals surface area contributed by atoms with Crippen LogP contribution in [0.5, 0.6) is 11.5 Å². The largest absolute Gasteiger partial charge is 0.486 e. The number of amides is 1. The third kappa shape index (κ3) is 4.09. The Balaban J connectivity index is 1.38. The molecule has 33 heavy (non-hydrogen) atoms. The predicted molar refractivity (Wildman–Crippen MR) is 128 cm³/mol. The molecule has 7 nitrogen and oxygen atoms in total. The molecule has 3 heterocycles. The predicted octanol–water partition coefficient (Wildman–Crippen LogP) is 4.08. The molecule has 0 saturated carbocycles. The second kappa shape index (κ2) is 8.71. The average Bonchev–Trinajstić information content (AvgIpc) is 3.17. The molecule has 0 radical (unpaired) electrons. The second-order valence-electron chi connectivity index (χ2n) is 7.95. The van der Waals surface area contributed by atoms with Gasteiger partial charge in [0.1, 0.15) is 24.6 Å². The zero-order valence-corrected chi connectivity index (χ0v) is 19.1. The van der Waals surface area contributed by atoms with Crippen LogP contribution in [0.25, 0.3) is 21.3 Å². The summed E-state index contributed by atoms with van der Waals surface area (Å²) in [6.07, 6.45) is 1.45. The summed E-state index contributed by atoms with van der Waals surface area (Å²) in [5.41, 5.74) is 2.53. The fourth-order valence-electron chi connectivity index (χ4n) is 4.06. The Morgan fingerprint density at radius 1 is 1.15 bits per heavy atom. The van der Waals surface area contributed by atoms with Crippen LogP contribution in [0.4, 0.5) is 0 Å². The van der Waals surface area contributed by atoms with Gasteiger partial charge in [-0.05, 0) is 37.1 Å². The molecule has 1 aliphatic heterocycles. The number of rotatable bonds is 5. The maximum absolute atomic E-state index is 13.3. The van der Waals surface area contributed by atoms with Crippen molar-refractivity contribution in [3.8, 4) is 22.6 Å². The lowest BCUT2D eigenvalue weighted by Gasteiger charge is -2.21. The van der Waals surface area contributed by atoms with Gasteiger partial charge in [0, 0.05) is 10.4 Å². The maximum atomic E-state index is 13.3. The van der Waals surface area contributed by atoms with E-state index in [0.29, 0.717) is 34.9 Å². The highest BCUT2D eigenvalue weighted by molar-refractivity contribution is 7.19. The minimum absolute atomic E-state index is 0.111. The minimum Gasteiger partial charge on any atom is -0.486 e. The number of thiophene rings is 1. The van der Waals surface area contributed by atoms with E-state index in [1.54, 1.807) is 0 Å². The number of carbonyl (C=O) groups excluding carboxylic acids is 1. The quantitative estimate of drug-likeness (QED) is 0.484. The molecule has 5 rings (SSSR count). The molecule has 1 N–H and O–H groups in total. The number of aromatic nitrogens is 2. The van der Waals surface area contributed by atoms with E-state index in [9.17, 15) is 9.59 Å². The van der Waals surface area contributed by atoms with Gasteiger partial charge in [-0.15, -0.1) is 11.3 Å². The van der Waals surface area contributed by atoms with Gasteiger partial charge in [-0.25, -0.2) is 4.98 Å². The molecule has 1 aliphatic rings. The number of carbonyl (C=O) groups is 1. The summed E-state index contributed by atoms with van der Waals surface area (Å²) in [6, 6.07) is 15.2. The Labute approximate surface area is 194 Å². The van der Waals surface area contributed by atoms with E-state index in [1.807, 2.05) is 62.4 Å². The smallest absolute Gasteiger partial charge is 0.263 e. The highest BCUT2D eigenvalue weighted by Crippen LogP contribution is 2.35. The van der Waals surface area contributed by atoms with Crippen LogP contribution in [0.15, 0.2) is 59.7 Å². The van der Waals surface area contributed by atoms with Gasteiger partial charge in [-0.2, -0.15) is 0 Å². The number of hydrogen-bond donors (Lipinski definition) is 1. The molecule has 168 valence electrons. The molecule has 0 bridgehead atoms. The maximum Gasteiger partial charge on any atom is 0.263 e. The van der Waals surface area contributed by atoms with Crippen LogP contribution in [0, 0.1) is 6.92 Å². The summed E-state index contributed by atoms with van der Waals surface area (Å²) in [4.78, 5) is 32.2. The minimum atomic E-state index is -0.270. The summed E-state index contributed by atoms with van der Waals surface area (Å²) in [5, 5.41) is 3.51. The van der Waals surface area contributed by atoms with E-state index >= 15 is 0 Å². The first kappa shape index (κ1) is 21.2. The van der Waals surface area contributed by atoms with Crippen LogP contribution in [0.3, 0.4) is 0 Å². The normalized spacial score (nSPS) is 13.6. The third-order valence-electron chi connectivity index (χ3n) is 5.67. The van der Waals surface area contributed by atoms with Gasteiger partial charge in [0.25, 0.3) is 5.56 Å².